The molecule has 3 fully saturated rings. The summed E-state index contributed by atoms with van der Waals surface area (Å²) >= 11 is 3.63. The minimum Gasteiger partial charge on any atom is -0.444 e. The number of nitrogens with one attached hydrogen (secondary N) is 1. The molecule has 6 nitrogen and oxygen atoms in total. The van der Waals surface area contributed by atoms with Crippen LogP contribution in [-0.4, -0.2) is 48.3 Å². The van der Waals surface area contributed by atoms with Crippen LogP contribution >= 0.6 is 15.9 Å². The average molecular weight is 445 g/mol. The number of hydrogen-bond acceptors (Lipinski definition) is 6. The highest BCUT2D eigenvalue weighted by atomic mass is 79.9. The second-order valence-electron chi connectivity index (χ2n) is 8.74. The smallest absolute Gasteiger partial charge is 0.204 e. The molecule has 0 unspecified atom stereocenters. The number of hydrogen-bond donors (Lipinski definition) is 1. The molecule has 2 aromatic heterocycles. The molecule has 0 amide bonds. The number of fused-ring (bicyclic) bond motifs is 1. The zero-order chi connectivity index (χ0) is 19.3. The topological polar surface area (TPSA) is 74.3 Å². The van der Waals surface area contributed by atoms with Gasteiger partial charge in [-0.05, 0) is 54.5 Å². The van der Waals surface area contributed by atoms with Crippen LogP contribution in [0.15, 0.2) is 21.2 Å². The molecule has 3 aliphatic rings. The standard InChI is InChI=1S/C21H25BrN4O2/c1-27-16-7-21(8-16)11-26(12-21)14-4-2-13(3-5-14)25-20-19(22)17-6-15(9-23)28-18(17)10-24-20/h6,10,13-14,16H,2-5,7-8,11-12H2,1H3,(H,24,25). The third-order valence-corrected chi connectivity index (χ3v) is 7.71. The molecule has 3 heterocycles. The number of rotatable bonds is 4. The lowest BCUT2D eigenvalue weighted by Gasteiger charge is -2.61. The van der Waals surface area contributed by atoms with Gasteiger partial charge in [0.05, 0.1) is 16.8 Å². The largest absolute Gasteiger partial charge is 0.444 e. The van der Waals surface area contributed by atoms with Gasteiger partial charge in [-0.15, -0.1) is 0 Å². The van der Waals surface area contributed by atoms with Crippen LogP contribution in [0.4, 0.5) is 5.82 Å². The van der Waals surface area contributed by atoms with Crippen molar-refractivity contribution in [2.45, 2.75) is 56.7 Å². The number of anilines is 1. The van der Waals surface area contributed by atoms with E-state index in [1.807, 2.05) is 13.2 Å². The van der Waals surface area contributed by atoms with E-state index in [1.165, 1.54) is 38.8 Å². The van der Waals surface area contributed by atoms with E-state index in [9.17, 15) is 0 Å². The summed E-state index contributed by atoms with van der Waals surface area (Å²) in [7, 11) is 1.84. The van der Waals surface area contributed by atoms with Crippen molar-refractivity contribution in [3.8, 4) is 6.07 Å². The Morgan fingerprint density at radius 1 is 1.32 bits per heavy atom. The number of furan rings is 1. The van der Waals surface area contributed by atoms with Gasteiger partial charge in [-0.3, -0.25) is 4.90 Å². The summed E-state index contributed by atoms with van der Waals surface area (Å²) in [6.45, 7) is 2.53. The first-order chi connectivity index (χ1) is 13.6. The Morgan fingerprint density at radius 2 is 2.07 bits per heavy atom. The zero-order valence-corrected chi connectivity index (χ0v) is 17.7. The maximum Gasteiger partial charge on any atom is 0.204 e. The fraction of sp³-hybridized carbons (Fsp3) is 0.619. The van der Waals surface area contributed by atoms with Crippen molar-refractivity contribution < 1.29 is 9.15 Å². The van der Waals surface area contributed by atoms with Crippen molar-refractivity contribution in [2.75, 3.05) is 25.5 Å². The van der Waals surface area contributed by atoms with Gasteiger partial charge in [0.25, 0.3) is 0 Å². The minimum atomic E-state index is 0.311. The normalized spacial score (nSPS) is 27.3. The van der Waals surface area contributed by atoms with Crippen molar-refractivity contribution in [3.05, 3.63) is 22.5 Å². The maximum absolute atomic E-state index is 9.03. The van der Waals surface area contributed by atoms with E-state index in [0.29, 0.717) is 28.9 Å². The van der Waals surface area contributed by atoms with E-state index in [1.54, 1.807) is 12.3 Å². The number of ether oxygens (including phenoxy) is 1. The summed E-state index contributed by atoms with van der Waals surface area (Å²) in [5.74, 6) is 1.15. The molecule has 1 aliphatic heterocycles. The van der Waals surface area contributed by atoms with Crippen LogP contribution in [0, 0.1) is 16.7 Å². The summed E-state index contributed by atoms with van der Waals surface area (Å²) in [5.41, 5.74) is 1.21. The number of nitrogens with zero attached hydrogens (tertiary/aromatic N) is 3. The first-order valence-corrected chi connectivity index (χ1v) is 10.9. The average Bonchev–Trinajstić information content (AvgIpc) is 3.07. The van der Waals surface area contributed by atoms with Gasteiger partial charge in [0, 0.05) is 49.2 Å². The number of halogens is 1. The molecule has 0 radical (unpaired) electrons. The van der Waals surface area contributed by atoms with Crippen LogP contribution in [0.1, 0.15) is 44.3 Å². The quantitative estimate of drug-likeness (QED) is 0.757. The van der Waals surface area contributed by atoms with E-state index in [0.717, 1.165) is 34.6 Å². The SMILES string of the molecule is COC1CC2(C1)CN(C1CCC(Nc3ncc4oc(C#N)cc4c3Br)CC1)C2. The Morgan fingerprint density at radius 3 is 2.75 bits per heavy atom. The van der Waals surface area contributed by atoms with Gasteiger partial charge in [0.1, 0.15) is 11.9 Å². The van der Waals surface area contributed by atoms with Gasteiger partial charge in [0.15, 0.2) is 5.58 Å². The molecule has 1 spiro atoms. The van der Waals surface area contributed by atoms with E-state index in [2.05, 4.69) is 31.1 Å². The highest BCUT2D eigenvalue weighted by molar-refractivity contribution is 9.10. The second kappa shape index (κ2) is 7.01. The van der Waals surface area contributed by atoms with Crippen LogP contribution in [0.2, 0.25) is 0 Å². The molecule has 1 N–H and O–H groups in total. The second-order valence-corrected chi connectivity index (χ2v) is 9.53. The Balaban J connectivity index is 1.16. The van der Waals surface area contributed by atoms with Gasteiger partial charge in [-0.25, -0.2) is 4.98 Å². The van der Waals surface area contributed by atoms with Crippen LogP contribution < -0.4 is 5.32 Å². The fourth-order valence-corrected chi connectivity index (χ4v) is 5.85. The Labute approximate surface area is 173 Å². The number of aromatic nitrogens is 1. The lowest BCUT2D eigenvalue weighted by molar-refractivity contribution is -0.155. The molecule has 0 bridgehead atoms. The molecule has 28 heavy (non-hydrogen) atoms. The van der Waals surface area contributed by atoms with Gasteiger partial charge in [-0.2, -0.15) is 5.26 Å². The first kappa shape index (κ1) is 18.4. The maximum atomic E-state index is 9.03. The Kier molecular flexibility index (Phi) is 4.61. The first-order valence-electron chi connectivity index (χ1n) is 10.1. The number of nitriles is 1. The minimum absolute atomic E-state index is 0.311. The van der Waals surface area contributed by atoms with Crippen LogP contribution in [-0.2, 0) is 4.74 Å². The third kappa shape index (κ3) is 3.12. The summed E-state index contributed by atoms with van der Waals surface area (Å²) < 4.78 is 11.8. The molecular weight excluding hydrogens is 420 g/mol. The summed E-state index contributed by atoms with van der Waals surface area (Å²) in [6, 6.07) is 4.98. The Hall–Kier alpha value is -1.62. The highest BCUT2D eigenvalue weighted by Crippen LogP contribution is 2.51. The van der Waals surface area contributed by atoms with Crippen molar-refractivity contribution in [3.63, 3.8) is 0 Å². The molecule has 7 heteroatoms. The lowest BCUT2D eigenvalue weighted by Crippen LogP contribution is -2.66. The van der Waals surface area contributed by atoms with E-state index >= 15 is 0 Å². The highest BCUT2D eigenvalue weighted by Gasteiger charge is 2.53. The third-order valence-electron chi connectivity index (χ3n) is 6.91. The number of likely N-dealkylation sites (tertiary alicyclic amines) is 1. The predicted molar refractivity (Wildman–Crippen MR) is 110 cm³/mol. The van der Waals surface area contributed by atoms with Crippen LogP contribution in [0.3, 0.4) is 0 Å². The van der Waals surface area contributed by atoms with Crippen molar-refractivity contribution in [1.82, 2.24) is 9.88 Å². The molecule has 2 aromatic rings. The van der Waals surface area contributed by atoms with Crippen LogP contribution in [0.5, 0.6) is 0 Å². The number of pyridine rings is 1. The molecule has 2 aliphatic carbocycles. The van der Waals surface area contributed by atoms with E-state index in [4.69, 9.17) is 14.4 Å². The van der Waals surface area contributed by atoms with Gasteiger partial charge < -0.3 is 14.5 Å². The molecule has 2 saturated carbocycles. The van der Waals surface area contributed by atoms with E-state index < -0.39 is 0 Å². The fourth-order valence-electron chi connectivity index (χ4n) is 5.32. The molecule has 1 saturated heterocycles. The molecule has 148 valence electrons. The van der Waals surface area contributed by atoms with Gasteiger partial charge in [0.2, 0.25) is 5.76 Å². The van der Waals surface area contributed by atoms with Crippen molar-refractivity contribution in [1.29, 1.82) is 5.26 Å². The monoisotopic (exact) mass is 444 g/mol. The number of methoxy groups -OCH3 is 1. The molecule has 0 aromatic carbocycles. The molecule has 5 rings (SSSR count). The summed E-state index contributed by atoms with van der Waals surface area (Å²) in [5, 5.41) is 13.5. The zero-order valence-electron chi connectivity index (χ0n) is 16.1. The van der Waals surface area contributed by atoms with E-state index in [-0.39, 0.29) is 0 Å². The summed E-state index contributed by atoms with van der Waals surface area (Å²) in [6.07, 6.45) is 9.51. The lowest BCUT2D eigenvalue weighted by atomic mass is 9.61. The summed E-state index contributed by atoms with van der Waals surface area (Å²) in [4.78, 5) is 7.19. The Bertz CT molecular complexity index is 914. The molecular formula is C21H25BrN4O2. The predicted octanol–water partition coefficient (Wildman–Crippen LogP) is 4.30. The molecule has 0 atom stereocenters. The van der Waals surface area contributed by atoms with Gasteiger partial charge >= 0.3 is 0 Å². The van der Waals surface area contributed by atoms with Crippen LogP contribution in [0.25, 0.3) is 11.0 Å². The van der Waals surface area contributed by atoms with Gasteiger partial charge in [-0.1, -0.05) is 0 Å². The van der Waals surface area contributed by atoms with Crippen molar-refractivity contribution in [2.24, 2.45) is 5.41 Å². The van der Waals surface area contributed by atoms with Crippen molar-refractivity contribution >= 4 is 32.7 Å².